The second-order valence-electron chi connectivity index (χ2n) is 5.78. The van der Waals surface area contributed by atoms with E-state index in [0.29, 0.717) is 16.8 Å². The molecule has 0 amide bonds. The Kier molecular flexibility index (Phi) is 4.24. The normalized spacial score (nSPS) is 11.6. The first-order chi connectivity index (χ1) is 11.8. The molecule has 0 saturated carbocycles. The van der Waals surface area contributed by atoms with Gasteiger partial charge in [0.1, 0.15) is 11.6 Å². The molecule has 130 valence electrons. The molecule has 1 aromatic heterocycles. The van der Waals surface area contributed by atoms with Crippen LogP contribution in [0.3, 0.4) is 0 Å². The van der Waals surface area contributed by atoms with Crippen molar-refractivity contribution in [2.45, 2.75) is 20.0 Å². The zero-order valence-corrected chi connectivity index (χ0v) is 13.9. The number of benzene rings is 2. The van der Waals surface area contributed by atoms with E-state index in [1.54, 1.807) is 12.1 Å². The Morgan fingerprint density at radius 1 is 0.960 bits per heavy atom. The van der Waals surface area contributed by atoms with Gasteiger partial charge >= 0.3 is 6.18 Å². The van der Waals surface area contributed by atoms with Gasteiger partial charge in [-0.3, -0.25) is 0 Å². The highest BCUT2D eigenvalue weighted by atomic mass is 19.4. The predicted molar refractivity (Wildman–Crippen MR) is 90.3 cm³/mol. The van der Waals surface area contributed by atoms with Crippen LogP contribution in [0.4, 0.5) is 24.7 Å². The summed E-state index contributed by atoms with van der Waals surface area (Å²) < 4.78 is 44.6. The number of halogens is 3. The Morgan fingerprint density at radius 3 is 2.24 bits per heavy atom. The van der Waals surface area contributed by atoms with Crippen LogP contribution in [0.1, 0.15) is 17.0 Å². The molecule has 7 heteroatoms. The highest BCUT2D eigenvalue weighted by Crippen LogP contribution is 2.33. The number of nitrogens with zero attached hydrogens (tertiary/aromatic N) is 2. The van der Waals surface area contributed by atoms with Crippen LogP contribution >= 0.6 is 0 Å². The van der Waals surface area contributed by atoms with Crippen molar-refractivity contribution in [3.05, 3.63) is 53.3 Å². The van der Waals surface area contributed by atoms with Gasteiger partial charge in [-0.25, -0.2) is 9.97 Å². The summed E-state index contributed by atoms with van der Waals surface area (Å²) >= 11 is 0. The summed E-state index contributed by atoms with van der Waals surface area (Å²) in [6.45, 7) is 3.84. The average Bonchev–Trinajstić information content (AvgIpc) is 2.52. The molecule has 0 atom stereocenters. The highest BCUT2D eigenvalue weighted by molar-refractivity contribution is 5.91. The molecule has 25 heavy (non-hydrogen) atoms. The van der Waals surface area contributed by atoms with Crippen LogP contribution in [0, 0.1) is 13.8 Å². The van der Waals surface area contributed by atoms with Gasteiger partial charge < -0.3 is 10.1 Å². The number of alkyl halides is 3. The van der Waals surface area contributed by atoms with Crippen LogP contribution in [-0.2, 0) is 6.18 Å². The third kappa shape index (κ3) is 3.65. The molecule has 0 saturated heterocycles. The van der Waals surface area contributed by atoms with Crippen LogP contribution in [0.5, 0.6) is 5.75 Å². The van der Waals surface area contributed by atoms with E-state index in [1.807, 2.05) is 32.0 Å². The van der Waals surface area contributed by atoms with E-state index in [0.717, 1.165) is 11.1 Å². The van der Waals surface area contributed by atoms with Gasteiger partial charge in [0.2, 0.25) is 5.82 Å². The lowest BCUT2D eigenvalue weighted by Gasteiger charge is -2.14. The van der Waals surface area contributed by atoms with Crippen molar-refractivity contribution in [1.29, 1.82) is 0 Å². The molecule has 0 fully saturated rings. The maximum Gasteiger partial charge on any atom is 0.451 e. The van der Waals surface area contributed by atoms with Crippen LogP contribution in [0.25, 0.3) is 10.9 Å². The summed E-state index contributed by atoms with van der Waals surface area (Å²) in [5, 5.41) is 3.47. The summed E-state index contributed by atoms with van der Waals surface area (Å²) in [7, 11) is 1.45. The molecule has 0 aliphatic heterocycles. The third-order valence-electron chi connectivity index (χ3n) is 3.64. The molecular formula is C18H16F3N3O. The first-order valence-electron chi connectivity index (χ1n) is 7.54. The minimum absolute atomic E-state index is 0.102. The Bertz CT molecular complexity index is 918. The van der Waals surface area contributed by atoms with E-state index < -0.39 is 12.0 Å². The van der Waals surface area contributed by atoms with Crippen molar-refractivity contribution < 1.29 is 17.9 Å². The number of anilines is 2. The lowest BCUT2D eigenvalue weighted by molar-refractivity contribution is -0.144. The number of rotatable bonds is 3. The summed E-state index contributed by atoms with van der Waals surface area (Å²) in [5.41, 5.74) is 2.83. The Morgan fingerprint density at radius 2 is 1.64 bits per heavy atom. The molecule has 0 aliphatic carbocycles. The second-order valence-corrected chi connectivity index (χ2v) is 5.78. The van der Waals surface area contributed by atoms with Gasteiger partial charge in [-0.15, -0.1) is 0 Å². The zero-order valence-electron chi connectivity index (χ0n) is 13.9. The minimum atomic E-state index is -4.64. The van der Waals surface area contributed by atoms with Crippen molar-refractivity contribution >= 4 is 22.4 Å². The number of nitrogens with one attached hydrogen (secondary N) is 1. The van der Waals surface area contributed by atoms with E-state index in [1.165, 1.54) is 13.2 Å². The van der Waals surface area contributed by atoms with Gasteiger partial charge in [0.05, 0.1) is 12.6 Å². The molecule has 3 aromatic rings. The molecule has 1 N–H and O–H groups in total. The molecular weight excluding hydrogens is 331 g/mol. The minimum Gasteiger partial charge on any atom is -0.497 e. The number of aromatic nitrogens is 2. The second kappa shape index (κ2) is 6.23. The first-order valence-corrected chi connectivity index (χ1v) is 7.54. The van der Waals surface area contributed by atoms with Crippen LogP contribution in [0.2, 0.25) is 0 Å². The topological polar surface area (TPSA) is 47.0 Å². The quantitative estimate of drug-likeness (QED) is 0.723. The van der Waals surface area contributed by atoms with Crippen molar-refractivity contribution in [2.24, 2.45) is 0 Å². The van der Waals surface area contributed by atoms with Gasteiger partial charge in [0, 0.05) is 17.1 Å². The average molecular weight is 347 g/mol. The number of hydrogen-bond acceptors (Lipinski definition) is 4. The summed E-state index contributed by atoms with van der Waals surface area (Å²) in [6, 6.07) is 10.4. The molecule has 0 bridgehead atoms. The van der Waals surface area contributed by atoms with Crippen molar-refractivity contribution in [1.82, 2.24) is 9.97 Å². The molecule has 1 heterocycles. The fraction of sp³-hybridized carbons (Fsp3) is 0.222. The lowest BCUT2D eigenvalue weighted by Crippen LogP contribution is -2.12. The third-order valence-corrected chi connectivity index (χ3v) is 3.64. The van der Waals surface area contributed by atoms with Crippen molar-refractivity contribution in [2.75, 3.05) is 12.4 Å². The van der Waals surface area contributed by atoms with Crippen molar-refractivity contribution in [3.8, 4) is 5.75 Å². The number of methoxy groups -OCH3 is 1. The van der Waals surface area contributed by atoms with E-state index in [4.69, 9.17) is 4.74 Å². The monoisotopic (exact) mass is 347 g/mol. The zero-order chi connectivity index (χ0) is 18.2. The SMILES string of the molecule is COc1ccc2c(Nc3cc(C)cc(C)c3)nc(C(F)(F)F)nc2c1. The van der Waals surface area contributed by atoms with Gasteiger partial charge in [-0.1, -0.05) is 6.07 Å². The van der Waals surface area contributed by atoms with Gasteiger partial charge in [-0.2, -0.15) is 13.2 Å². The van der Waals surface area contributed by atoms with Crippen LogP contribution in [-0.4, -0.2) is 17.1 Å². The summed E-state index contributed by atoms with van der Waals surface area (Å²) in [6.07, 6.45) is -4.64. The van der Waals surface area contributed by atoms with Gasteiger partial charge in [0.25, 0.3) is 0 Å². The molecule has 0 spiro atoms. The molecule has 0 aliphatic rings. The molecule has 0 radical (unpaired) electrons. The fourth-order valence-electron chi connectivity index (χ4n) is 2.64. The largest absolute Gasteiger partial charge is 0.497 e. The Balaban J connectivity index is 2.17. The number of ether oxygens (including phenoxy) is 1. The smallest absolute Gasteiger partial charge is 0.451 e. The van der Waals surface area contributed by atoms with E-state index in [9.17, 15) is 13.2 Å². The van der Waals surface area contributed by atoms with E-state index >= 15 is 0 Å². The Hall–Kier alpha value is -2.83. The summed E-state index contributed by atoms with van der Waals surface area (Å²) in [5.74, 6) is -0.665. The number of aryl methyl sites for hydroxylation is 2. The van der Waals surface area contributed by atoms with Crippen LogP contribution in [0.15, 0.2) is 36.4 Å². The fourth-order valence-corrected chi connectivity index (χ4v) is 2.64. The number of hydrogen-bond donors (Lipinski definition) is 1. The Labute approximate surface area is 142 Å². The lowest BCUT2D eigenvalue weighted by atomic mass is 10.1. The van der Waals surface area contributed by atoms with Crippen molar-refractivity contribution in [3.63, 3.8) is 0 Å². The standard InChI is InChI=1S/C18H16F3N3O/c1-10-6-11(2)8-12(7-10)22-16-14-5-4-13(25-3)9-15(14)23-17(24-16)18(19,20)21/h4-9H,1-3H3,(H,22,23,24). The highest BCUT2D eigenvalue weighted by Gasteiger charge is 2.35. The molecule has 3 rings (SSSR count). The maximum absolute atomic E-state index is 13.2. The maximum atomic E-state index is 13.2. The first kappa shape index (κ1) is 17.0. The molecule has 2 aromatic carbocycles. The predicted octanol–water partition coefficient (Wildman–Crippen LogP) is 5.02. The molecule has 4 nitrogen and oxygen atoms in total. The van der Waals surface area contributed by atoms with E-state index in [2.05, 4.69) is 15.3 Å². The van der Waals surface area contributed by atoms with Gasteiger partial charge in [-0.05, 0) is 49.2 Å². The van der Waals surface area contributed by atoms with Crippen LogP contribution < -0.4 is 10.1 Å². The number of fused-ring (bicyclic) bond motifs is 1. The molecule has 0 unspecified atom stereocenters. The van der Waals surface area contributed by atoms with Gasteiger partial charge in [0.15, 0.2) is 0 Å². The van der Waals surface area contributed by atoms with E-state index in [-0.39, 0.29) is 11.3 Å². The summed E-state index contributed by atoms with van der Waals surface area (Å²) in [4.78, 5) is 7.33.